The van der Waals surface area contributed by atoms with Gasteiger partial charge in [0.25, 0.3) is 0 Å². The van der Waals surface area contributed by atoms with Gasteiger partial charge >= 0.3 is 0 Å². The number of hydrogen-bond donors (Lipinski definition) is 2. The third kappa shape index (κ3) is 10.0. The maximum Gasteiger partial charge on any atom is 0.240 e. The summed E-state index contributed by atoms with van der Waals surface area (Å²) in [6, 6.07) is 7.92. The van der Waals surface area contributed by atoms with E-state index < -0.39 is 30.1 Å². The Kier molecular flexibility index (Phi) is 14.6. The third-order valence-electron chi connectivity index (χ3n) is 8.83. The standard InChI is InChI=1S/C33H54N4O6/c1-9-22(4)30(36(6)28(38)18-21(2)3)27(42-7)20-29(39)37-17-13-16-26(37)31(43-8)23(5)33(41)35-25(32(34)40)19-24-14-11-10-12-15-24/h10-12,14-15,21-23,25-27,30-31H,9,13,16-20H2,1-8H3,(H2,34,40)(H,35,41). The van der Waals surface area contributed by atoms with E-state index >= 15 is 0 Å². The molecule has 0 aromatic heterocycles. The summed E-state index contributed by atoms with van der Waals surface area (Å²) in [5.41, 5.74) is 6.51. The van der Waals surface area contributed by atoms with Crippen LogP contribution in [0.1, 0.15) is 72.3 Å². The van der Waals surface area contributed by atoms with Crippen LogP contribution in [0, 0.1) is 17.8 Å². The smallest absolute Gasteiger partial charge is 0.240 e. The summed E-state index contributed by atoms with van der Waals surface area (Å²) in [6.45, 7) is 10.5. The Bertz CT molecular complexity index is 1050. The van der Waals surface area contributed by atoms with Crippen LogP contribution in [0.3, 0.4) is 0 Å². The van der Waals surface area contributed by atoms with Gasteiger partial charge in [-0.15, -0.1) is 0 Å². The molecule has 0 spiro atoms. The van der Waals surface area contributed by atoms with Crippen molar-refractivity contribution in [3.63, 3.8) is 0 Å². The monoisotopic (exact) mass is 602 g/mol. The Morgan fingerprint density at radius 1 is 1.05 bits per heavy atom. The predicted molar refractivity (Wildman–Crippen MR) is 167 cm³/mol. The predicted octanol–water partition coefficient (Wildman–Crippen LogP) is 3.17. The van der Waals surface area contributed by atoms with Crippen molar-refractivity contribution in [2.75, 3.05) is 27.8 Å². The zero-order valence-corrected chi connectivity index (χ0v) is 27.4. The highest BCUT2D eigenvalue weighted by Gasteiger charge is 2.42. The number of likely N-dealkylation sites (tertiary alicyclic amines) is 1. The quantitative estimate of drug-likeness (QED) is 0.282. The van der Waals surface area contributed by atoms with E-state index in [1.165, 1.54) is 7.11 Å². The fourth-order valence-corrected chi connectivity index (χ4v) is 6.19. The third-order valence-corrected chi connectivity index (χ3v) is 8.83. The second-order valence-corrected chi connectivity index (χ2v) is 12.4. The molecule has 0 aliphatic carbocycles. The first-order chi connectivity index (χ1) is 20.4. The second-order valence-electron chi connectivity index (χ2n) is 12.4. The van der Waals surface area contributed by atoms with Crippen LogP contribution in [-0.2, 0) is 35.1 Å². The van der Waals surface area contributed by atoms with E-state index in [-0.39, 0.29) is 54.5 Å². The molecule has 1 saturated heterocycles. The first-order valence-electron chi connectivity index (χ1n) is 15.6. The molecule has 3 N–H and O–H groups in total. The van der Waals surface area contributed by atoms with Crippen LogP contribution in [0.15, 0.2) is 30.3 Å². The van der Waals surface area contributed by atoms with Crippen LogP contribution >= 0.6 is 0 Å². The molecule has 0 bridgehead atoms. The topological polar surface area (TPSA) is 131 Å². The zero-order valence-electron chi connectivity index (χ0n) is 27.4. The first-order valence-corrected chi connectivity index (χ1v) is 15.6. The Balaban J connectivity index is 2.18. The molecule has 7 atom stereocenters. The molecule has 43 heavy (non-hydrogen) atoms. The minimum atomic E-state index is -0.869. The van der Waals surface area contributed by atoms with E-state index in [1.807, 2.05) is 44.2 Å². The SMILES string of the molecule is CCC(C)C(C(CC(=O)N1CCCC1C(OC)C(C)C(=O)NC(Cc1ccccc1)C(N)=O)OC)N(C)C(=O)CC(C)C. The lowest BCUT2D eigenvalue weighted by atomic mass is 9.90. The molecule has 1 heterocycles. The molecule has 0 radical (unpaired) electrons. The molecule has 10 heteroatoms. The second kappa shape index (κ2) is 17.3. The molecular formula is C33H54N4O6. The summed E-state index contributed by atoms with van der Waals surface area (Å²) in [4.78, 5) is 55.9. The van der Waals surface area contributed by atoms with Crippen molar-refractivity contribution in [1.29, 1.82) is 0 Å². The lowest BCUT2D eigenvalue weighted by Gasteiger charge is -2.39. The fraction of sp³-hybridized carbons (Fsp3) is 0.697. The van der Waals surface area contributed by atoms with Gasteiger partial charge in [0.05, 0.1) is 36.6 Å². The lowest BCUT2D eigenvalue weighted by molar-refractivity contribution is -0.146. The van der Waals surface area contributed by atoms with Gasteiger partial charge in [-0.1, -0.05) is 71.4 Å². The van der Waals surface area contributed by atoms with Gasteiger partial charge in [-0.3, -0.25) is 19.2 Å². The summed E-state index contributed by atoms with van der Waals surface area (Å²) in [5.74, 6) is -1.33. The summed E-state index contributed by atoms with van der Waals surface area (Å²) < 4.78 is 11.7. The molecule has 7 unspecified atom stereocenters. The average molecular weight is 603 g/mol. The number of nitrogens with zero attached hydrogens (tertiary/aromatic N) is 2. The molecule has 242 valence electrons. The van der Waals surface area contributed by atoms with Crippen molar-refractivity contribution in [1.82, 2.24) is 15.1 Å². The number of primary amides is 1. The number of likely N-dealkylation sites (N-methyl/N-ethyl adjacent to an activating group) is 1. The average Bonchev–Trinajstić information content (AvgIpc) is 3.46. The van der Waals surface area contributed by atoms with Gasteiger partial charge in [-0.25, -0.2) is 0 Å². The number of carbonyl (C=O) groups excluding carboxylic acids is 4. The Morgan fingerprint density at radius 3 is 2.23 bits per heavy atom. The highest BCUT2D eigenvalue weighted by atomic mass is 16.5. The van der Waals surface area contributed by atoms with E-state index in [9.17, 15) is 19.2 Å². The maximum absolute atomic E-state index is 13.8. The van der Waals surface area contributed by atoms with E-state index in [2.05, 4.69) is 19.2 Å². The number of hydrogen-bond acceptors (Lipinski definition) is 6. The van der Waals surface area contributed by atoms with Crippen molar-refractivity contribution in [2.24, 2.45) is 23.5 Å². The number of rotatable bonds is 17. The van der Waals surface area contributed by atoms with Crippen molar-refractivity contribution in [3.05, 3.63) is 35.9 Å². The largest absolute Gasteiger partial charge is 0.379 e. The van der Waals surface area contributed by atoms with E-state index in [1.54, 1.807) is 30.9 Å². The van der Waals surface area contributed by atoms with E-state index in [4.69, 9.17) is 15.2 Å². The molecule has 1 aliphatic heterocycles. The van der Waals surface area contributed by atoms with Crippen molar-refractivity contribution >= 4 is 23.6 Å². The van der Waals surface area contributed by atoms with Crippen molar-refractivity contribution in [3.8, 4) is 0 Å². The molecule has 1 aliphatic rings. The number of ether oxygens (including phenoxy) is 2. The Labute approximate surface area is 258 Å². The molecule has 0 saturated carbocycles. The lowest BCUT2D eigenvalue weighted by Crippen LogP contribution is -2.54. The highest BCUT2D eigenvalue weighted by Crippen LogP contribution is 2.29. The minimum absolute atomic E-state index is 0.0367. The van der Waals surface area contributed by atoms with Crippen LogP contribution < -0.4 is 11.1 Å². The molecular weight excluding hydrogens is 548 g/mol. The highest BCUT2D eigenvalue weighted by molar-refractivity contribution is 5.88. The maximum atomic E-state index is 13.8. The number of amides is 4. The van der Waals surface area contributed by atoms with Gasteiger partial charge in [-0.2, -0.15) is 0 Å². The van der Waals surface area contributed by atoms with Crippen LogP contribution in [0.2, 0.25) is 0 Å². The van der Waals surface area contributed by atoms with E-state index in [0.29, 0.717) is 19.4 Å². The Hall–Kier alpha value is -2.98. The Morgan fingerprint density at radius 2 is 1.70 bits per heavy atom. The minimum Gasteiger partial charge on any atom is -0.379 e. The summed E-state index contributed by atoms with van der Waals surface area (Å²) in [6.07, 6.45) is 2.05. The molecule has 1 aromatic carbocycles. The first kappa shape index (κ1) is 36.2. The van der Waals surface area contributed by atoms with Gasteiger partial charge in [-0.05, 0) is 30.2 Å². The van der Waals surface area contributed by atoms with Gasteiger partial charge < -0.3 is 30.3 Å². The summed E-state index contributed by atoms with van der Waals surface area (Å²) >= 11 is 0. The normalized spacial score (nSPS) is 19.3. The number of methoxy groups -OCH3 is 2. The number of nitrogens with one attached hydrogen (secondary N) is 1. The summed E-state index contributed by atoms with van der Waals surface area (Å²) in [7, 11) is 4.93. The zero-order chi connectivity index (χ0) is 32.3. The molecule has 4 amide bonds. The number of benzene rings is 1. The molecule has 1 fully saturated rings. The van der Waals surface area contributed by atoms with Crippen LogP contribution in [0.25, 0.3) is 0 Å². The van der Waals surface area contributed by atoms with E-state index in [0.717, 1.165) is 18.4 Å². The number of nitrogens with two attached hydrogens (primary N) is 1. The van der Waals surface area contributed by atoms with Crippen molar-refractivity contribution in [2.45, 2.75) is 103 Å². The summed E-state index contributed by atoms with van der Waals surface area (Å²) in [5, 5.41) is 2.80. The van der Waals surface area contributed by atoms with Crippen LogP contribution in [0.5, 0.6) is 0 Å². The number of carbonyl (C=O) groups is 4. The van der Waals surface area contributed by atoms with Crippen LogP contribution in [0.4, 0.5) is 0 Å². The fourth-order valence-electron chi connectivity index (χ4n) is 6.19. The molecule has 1 aromatic rings. The van der Waals surface area contributed by atoms with Gasteiger partial charge in [0.15, 0.2) is 0 Å². The van der Waals surface area contributed by atoms with Gasteiger partial charge in [0, 0.05) is 40.7 Å². The van der Waals surface area contributed by atoms with Crippen molar-refractivity contribution < 1.29 is 28.7 Å². The molecule has 2 rings (SSSR count). The van der Waals surface area contributed by atoms with Gasteiger partial charge in [0.2, 0.25) is 23.6 Å². The van der Waals surface area contributed by atoms with Gasteiger partial charge in [0.1, 0.15) is 6.04 Å². The molecule has 10 nitrogen and oxygen atoms in total. The van der Waals surface area contributed by atoms with Crippen LogP contribution in [-0.4, -0.2) is 91.6 Å².